The maximum absolute atomic E-state index is 13.5. The third-order valence-corrected chi connectivity index (χ3v) is 6.37. The Labute approximate surface area is 218 Å². The SMILES string of the molecule is CCOC(=O)CCC(=O)N(CC(=O)N(CCc1ccc(OC)c(OC)c1)Cc1cccs1)CC(C)C. The van der Waals surface area contributed by atoms with Gasteiger partial charge in [-0.15, -0.1) is 11.3 Å². The molecule has 1 aromatic carbocycles. The van der Waals surface area contributed by atoms with E-state index in [0.717, 1.165) is 10.4 Å². The van der Waals surface area contributed by atoms with Gasteiger partial charge in [-0.05, 0) is 48.4 Å². The molecule has 0 aliphatic heterocycles. The van der Waals surface area contributed by atoms with E-state index in [0.29, 0.717) is 37.6 Å². The second kappa shape index (κ2) is 15.1. The van der Waals surface area contributed by atoms with E-state index >= 15 is 0 Å². The van der Waals surface area contributed by atoms with Gasteiger partial charge in [0.1, 0.15) is 0 Å². The lowest BCUT2D eigenvalue weighted by Crippen LogP contribution is -2.44. The van der Waals surface area contributed by atoms with Gasteiger partial charge in [0.05, 0.1) is 40.3 Å². The van der Waals surface area contributed by atoms with Crippen LogP contribution in [0.15, 0.2) is 35.7 Å². The summed E-state index contributed by atoms with van der Waals surface area (Å²) >= 11 is 1.59. The summed E-state index contributed by atoms with van der Waals surface area (Å²) in [4.78, 5) is 42.5. The lowest BCUT2D eigenvalue weighted by atomic mass is 10.1. The third kappa shape index (κ3) is 9.53. The van der Waals surface area contributed by atoms with Crippen LogP contribution in [0.1, 0.15) is 44.1 Å². The Morgan fingerprint density at radius 1 is 0.972 bits per heavy atom. The largest absolute Gasteiger partial charge is 0.493 e. The van der Waals surface area contributed by atoms with E-state index in [1.165, 1.54) is 0 Å². The van der Waals surface area contributed by atoms with Crippen molar-refractivity contribution in [2.45, 2.75) is 46.6 Å². The molecule has 0 N–H and O–H groups in total. The van der Waals surface area contributed by atoms with Crippen molar-refractivity contribution in [2.75, 3.05) is 40.5 Å². The molecule has 0 fully saturated rings. The molecule has 0 spiro atoms. The zero-order valence-corrected chi connectivity index (χ0v) is 22.8. The standard InChI is InChI=1S/C27H38N2O6S/c1-6-35-27(32)12-11-25(30)29(17-20(2)3)19-26(31)28(18-22-8-7-15-36-22)14-13-21-9-10-23(33-4)24(16-21)34-5/h7-10,15-16,20H,6,11-14,17-19H2,1-5H3. The van der Waals surface area contributed by atoms with Crippen molar-refractivity contribution in [2.24, 2.45) is 5.92 Å². The van der Waals surface area contributed by atoms with Gasteiger partial charge in [-0.25, -0.2) is 0 Å². The Balaban J connectivity index is 2.13. The molecule has 36 heavy (non-hydrogen) atoms. The number of benzene rings is 1. The second-order valence-corrected chi connectivity index (χ2v) is 9.84. The fraction of sp³-hybridized carbons (Fsp3) is 0.519. The van der Waals surface area contributed by atoms with Crippen molar-refractivity contribution >= 4 is 29.1 Å². The Morgan fingerprint density at radius 3 is 2.33 bits per heavy atom. The number of carbonyl (C=O) groups excluding carboxylic acids is 3. The highest BCUT2D eigenvalue weighted by atomic mass is 32.1. The summed E-state index contributed by atoms with van der Waals surface area (Å²) in [5.74, 6) is 0.715. The van der Waals surface area contributed by atoms with Crippen LogP contribution in [0.3, 0.4) is 0 Å². The van der Waals surface area contributed by atoms with E-state index in [1.54, 1.807) is 42.3 Å². The van der Waals surface area contributed by atoms with Gasteiger partial charge in [0.25, 0.3) is 0 Å². The summed E-state index contributed by atoms with van der Waals surface area (Å²) < 4.78 is 15.7. The molecule has 2 rings (SSSR count). The van der Waals surface area contributed by atoms with E-state index in [1.807, 2.05) is 49.6 Å². The number of thiophene rings is 1. The average Bonchev–Trinajstić information content (AvgIpc) is 3.37. The minimum Gasteiger partial charge on any atom is -0.493 e. The summed E-state index contributed by atoms with van der Waals surface area (Å²) in [5, 5.41) is 1.98. The van der Waals surface area contributed by atoms with Gasteiger partial charge in [0.2, 0.25) is 11.8 Å². The molecule has 0 atom stereocenters. The minimum atomic E-state index is -0.407. The van der Waals surface area contributed by atoms with Gasteiger partial charge in [-0.1, -0.05) is 26.0 Å². The smallest absolute Gasteiger partial charge is 0.306 e. The maximum Gasteiger partial charge on any atom is 0.306 e. The molecule has 0 saturated carbocycles. The summed E-state index contributed by atoms with van der Waals surface area (Å²) in [6.07, 6.45) is 0.654. The van der Waals surface area contributed by atoms with Gasteiger partial charge >= 0.3 is 5.97 Å². The molecule has 2 amide bonds. The van der Waals surface area contributed by atoms with E-state index < -0.39 is 5.97 Å². The Kier molecular flexibility index (Phi) is 12.3. The molecule has 198 valence electrons. The quantitative estimate of drug-likeness (QED) is 0.329. The first-order valence-electron chi connectivity index (χ1n) is 12.2. The Hall–Kier alpha value is -3.07. The predicted molar refractivity (Wildman–Crippen MR) is 140 cm³/mol. The van der Waals surface area contributed by atoms with Crippen molar-refractivity contribution in [1.82, 2.24) is 9.80 Å². The van der Waals surface area contributed by atoms with Gasteiger partial charge in [0, 0.05) is 24.4 Å². The van der Waals surface area contributed by atoms with Crippen LogP contribution in [0.25, 0.3) is 0 Å². The summed E-state index contributed by atoms with van der Waals surface area (Å²) in [5.41, 5.74) is 1.01. The molecule has 0 aliphatic carbocycles. The fourth-order valence-electron chi connectivity index (χ4n) is 3.74. The van der Waals surface area contributed by atoms with E-state index in [2.05, 4.69) is 0 Å². The molecular formula is C27H38N2O6S. The molecule has 1 aromatic heterocycles. The van der Waals surface area contributed by atoms with Gasteiger partial charge in [-0.3, -0.25) is 14.4 Å². The monoisotopic (exact) mass is 518 g/mol. The Bertz CT molecular complexity index is 977. The molecular weight excluding hydrogens is 480 g/mol. The zero-order chi connectivity index (χ0) is 26.5. The van der Waals surface area contributed by atoms with Crippen LogP contribution in [-0.2, 0) is 32.1 Å². The number of rotatable bonds is 15. The number of methoxy groups -OCH3 is 2. The predicted octanol–water partition coefficient (Wildman–Crippen LogP) is 4.16. The highest BCUT2D eigenvalue weighted by molar-refractivity contribution is 7.09. The molecule has 9 heteroatoms. The van der Waals surface area contributed by atoms with Crippen molar-refractivity contribution < 1.29 is 28.6 Å². The lowest BCUT2D eigenvalue weighted by molar-refractivity contribution is -0.146. The minimum absolute atomic E-state index is 0.00761. The van der Waals surface area contributed by atoms with Crippen molar-refractivity contribution in [3.63, 3.8) is 0 Å². The summed E-state index contributed by atoms with van der Waals surface area (Å²) in [6.45, 7) is 7.36. The van der Waals surface area contributed by atoms with E-state index in [9.17, 15) is 14.4 Å². The van der Waals surface area contributed by atoms with Crippen molar-refractivity contribution in [1.29, 1.82) is 0 Å². The third-order valence-electron chi connectivity index (χ3n) is 5.51. The number of carbonyl (C=O) groups is 3. The first-order chi connectivity index (χ1) is 17.3. The van der Waals surface area contributed by atoms with Crippen LogP contribution in [0.2, 0.25) is 0 Å². The van der Waals surface area contributed by atoms with Gasteiger partial charge < -0.3 is 24.0 Å². The van der Waals surface area contributed by atoms with Gasteiger partial charge in [-0.2, -0.15) is 0 Å². The summed E-state index contributed by atoms with van der Waals surface area (Å²) in [7, 11) is 3.19. The molecule has 2 aromatic rings. The molecule has 0 unspecified atom stereocenters. The zero-order valence-electron chi connectivity index (χ0n) is 22.0. The van der Waals surface area contributed by atoms with Crippen LogP contribution in [0, 0.1) is 5.92 Å². The number of esters is 1. The van der Waals surface area contributed by atoms with Crippen LogP contribution in [0.4, 0.5) is 0 Å². The van der Waals surface area contributed by atoms with Crippen LogP contribution in [0.5, 0.6) is 11.5 Å². The molecule has 8 nitrogen and oxygen atoms in total. The van der Waals surface area contributed by atoms with Crippen molar-refractivity contribution in [3.8, 4) is 11.5 Å². The van der Waals surface area contributed by atoms with Crippen LogP contribution >= 0.6 is 11.3 Å². The highest BCUT2D eigenvalue weighted by Crippen LogP contribution is 2.28. The second-order valence-electron chi connectivity index (χ2n) is 8.81. The van der Waals surface area contributed by atoms with E-state index in [-0.39, 0.29) is 43.7 Å². The molecule has 0 aliphatic rings. The first kappa shape index (κ1) is 29.2. The number of hydrogen-bond donors (Lipinski definition) is 0. The normalized spacial score (nSPS) is 10.7. The Morgan fingerprint density at radius 2 is 1.72 bits per heavy atom. The molecule has 1 heterocycles. The summed E-state index contributed by atoms with van der Waals surface area (Å²) in [6, 6.07) is 9.68. The maximum atomic E-state index is 13.5. The lowest BCUT2D eigenvalue weighted by Gasteiger charge is -2.29. The number of hydrogen-bond acceptors (Lipinski definition) is 7. The molecule has 0 saturated heterocycles. The van der Waals surface area contributed by atoms with Crippen LogP contribution in [-0.4, -0.2) is 68.0 Å². The average molecular weight is 519 g/mol. The number of nitrogens with zero attached hydrogens (tertiary/aromatic N) is 2. The fourth-order valence-corrected chi connectivity index (χ4v) is 4.46. The number of amides is 2. The highest BCUT2D eigenvalue weighted by Gasteiger charge is 2.23. The van der Waals surface area contributed by atoms with Gasteiger partial charge in [0.15, 0.2) is 11.5 Å². The van der Waals surface area contributed by atoms with Crippen molar-refractivity contribution in [3.05, 3.63) is 46.2 Å². The van der Waals surface area contributed by atoms with E-state index in [4.69, 9.17) is 14.2 Å². The molecule has 0 bridgehead atoms. The topological polar surface area (TPSA) is 85.4 Å². The first-order valence-corrected chi connectivity index (χ1v) is 13.1. The van der Waals surface area contributed by atoms with Crippen LogP contribution < -0.4 is 9.47 Å². The molecule has 0 radical (unpaired) electrons. The number of ether oxygens (including phenoxy) is 3.